The second-order valence-electron chi connectivity index (χ2n) is 6.62. The number of nitrogens with zero attached hydrogens (tertiary/aromatic N) is 1. The Morgan fingerprint density at radius 1 is 1.07 bits per heavy atom. The van der Waals surface area contributed by atoms with Crippen LogP contribution in [0.3, 0.4) is 0 Å². The molecule has 0 aliphatic carbocycles. The van der Waals surface area contributed by atoms with Gasteiger partial charge in [0.2, 0.25) is 0 Å². The third-order valence-electron chi connectivity index (χ3n) is 4.80. The van der Waals surface area contributed by atoms with Crippen molar-refractivity contribution >= 4 is 33.1 Å². The molecule has 0 fully saturated rings. The fourth-order valence-electron chi connectivity index (χ4n) is 3.21. The highest BCUT2D eigenvalue weighted by Gasteiger charge is 2.18. The van der Waals surface area contributed by atoms with Gasteiger partial charge in [-0.15, -0.1) is 11.3 Å². The van der Waals surface area contributed by atoms with E-state index >= 15 is 0 Å². The van der Waals surface area contributed by atoms with Gasteiger partial charge in [-0.1, -0.05) is 30.3 Å². The number of thiophene rings is 1. The third-order valence-corrected chi connectivity index (χ3v) is 5.91. The van der Waals surface area contributed by atoms with Gasteiger partial charge in [-0.25, -0.2) is 4.98 Å². The Morgan fingerprint density at radius 2 is 1.90 bits per heavy atom. The molecule has 0 spiro atoms. The van der Waals surface area contributed by atoms with Gasteiger partial charge in [-0.2, -0.15) is 0 Å². The average Bonchev–Trinajstić information content (AvgIpc) is 3.13. The Morgan fingerprint density at radius 3 is 2.70 bits per heavy atom. The number of methoxy groups -OCH3 is 2. The molecule has 0 saturated carbocycles. The van der Waals surface area contributed by atoms with Gasteiger partial charge in [0.25, 0.3) is 5.91 Å². The molecular weight excluding hydrogens is 398 g/mol. The number of nitrogens with two attached hydrogens (primary N) is 1. The van der Waals surface area contributed by atoms with Crippen LogP contribution in [0.25, 0.3) is 21.5 Å². The summed E-state index contributed by atoms with van der Waals surface area (Å²) in [5, 5.41) is 3.69. The highest BCUT2D eigenvalue weighted by atomic mass is 32.1. The first-order valence-corrected chi connectivity index (χ1v) is 10.2. The normalized spacial score (nSPS) is 10.7. The van der Waals surface area contributed by atoms with E-state index in [9.17, 15) is 4.79 Å². The van der Waals surface area contributed by atoms with Crippen molar-refractivity contribution in [1.29, 1.82) is 0 Å². The van der Waals surface area contributed by atoms with Gasteiger partial charge in [-0.05, 0) is 30.3 Å². The molecule has 2 aromatic heterocycles. The first-order valence-electron chi connectivity index (χ1n) is 9.34. The number of nitrogens with one attached hydrogen (secondary N) is 1. The molecule has 0 saturated heterocycles. The number of rotatable bonds is 6. The van der Waals surface area contributed by atoms with Crippen LogP contribution in [0, 0.1) is 0 Å². The molecule has 6 nitrogen and oxygen atoms in total. The van der Waals surface area contributed by atoms with Crippen molar-refractivity contribution in [3.05, 3.63) is 71.1 Å². The van der Waals surface area contributed by atoms with Crippen LogP contribution in [-0.2, 0) is 6.54 Å². The largest absolute Gasteiger partial charge is 0.497 e. The number of pyridine rings is 1. The van der Waals surface area contributed by atoms with Gasteiger partial charge in [0.1, 0.15) is 21.2 Å². The van der Waals surface area contributed by atoms with E-state index in [1.165, 1.54) is 11.3 Å². The standard InChI is InChI=1S/C23H21N3O3S/c1-28-16-8-5-7-14(12-16)18-11-10-17-20(24)21(30-23(17)26-18)22(27)25-13-15-6-3-4-9-19(15)29-2/h3-12H,13,24H2,1-2H3,(H,25,27). The molecule has 7 heteroatoms. The minimum atomic E-state index is -0.232. The zero-order valence-corrected chi connectivity index (χ0v) is 17.5. The number of hydrogen-bond acceptors (Lipinski definition) is 6. The van der Waals surface area contributed by atoms with E-state index in [0.717, 1.165) is 38.5 Å². The second-order valence-corrected chi connectivity index (χ2v) is 7.62. The van der Waals surface area contributed by atoms with Gasteiger partial charge >= 0.3 is 0 Å². The van der Waals surface area contributed by atoms with Crippen molar-refractivity contribution in [3.63, 3.8) is 0 Å². The molecule has 2 aromatic carbocycles. The predicted octanol–water partition coefficient (Wildman–Crippen LogP) is 4.49. The molecule has 0 aliphatic rings. The number of aromatic nitrogens is 1. The van der Waals surface area contributed by atoms with E-state index in [4.69, 9.17) is 20.2 Å². The number of anilines is 1. The molecule has 0 bridgehead atoms. The first-order chi connectivity index (χ1) is 14.6. The Balaban J connectivity index is 1.60. The van der Waals surface area contributed by atoms with Crippen LogP contribution in [0.5, 0.6) is 11.5 Å². The number of fused-ring (bicyclic) bond motifs is 1. The third kappa shape index (κ3) is 3.79. The summed E-state index contributed by atoms with van der Waals surface area (Å²) in [6, 6.07) is 19.1. The Hall–Kier alpha value is -3.58. The van der Waals surface area contributed by atoms with Crippen LogP contribution in [0.2, 0.25) is 0 Å². The fourth-order valence-corrected chi connectivity index (χ4v) is 4.22. The highest BCUT2D eigenvalue weighted by molar-refractivity contribution is 7.21. The lowest BCUT2D eigenvalue weighted by Crippen LogP contribution is -2.22. The molecule has 0 atom stereocenters. The topological polar surface area (TPSA) is 86.5 Å². The number of carbonyl (C=O) groups is 1. The van der Waals surface area contributed by atoms with Gasteiger partial charge in [0.05, 0.1) is 25.6 Å². The molecule has 4 rings (SSSR count). The number of ether oxygens (including phenoxy) is 2. The van der Waals surface area contributed by atoms with E-state index in [2.05, 4.69) is 5.32 Å². The number of nitrogen functional groups attached to an aromatic ring is 1. The summed E-state index contributed by atoms with van der Waals surface area (Å²) in [4.78, 5) is 18.7. The first kappa shape index (κ1) is 19.7. The summed E-state index contributed by atoms with van der Waals surface area (Å²) >= 11 is 1.29. The van der Waals surface area contributed by atoms with E-state index in [0.29, 0.717) is 17.1 Å². The minimum Gasteiger partial charge on any atom is -0.497 e. The zero-order valence-electron chi connectivity index (χ0n) is 16.6. The zero-order chi connectivity index (χ0) is 21.1. The van der Waals surface area contributed by atoms with Crippen molar-refractivity contribution in [1.82, 2.24) is 10.3 Å². The number of hydrogen-bond donors (Lipinski definition) is 2. The lowest BCUT2D eigenvalue weighted by molar-refractivity contribution is 0.0955. The quantitative estimate of drug-likeness (QED) is 0.481. The van der Waals surface area contributed by atoms with Gasteiger partial charge < -0.3 is 20.5 Å². The van der Waals surface area contributed by atoms with Crippen LogP contribution in [0.1, 0.15) is 15.2 Å². The second kappa shape index (κ2) is 8.42. The molecule has 0 unspecified atom stereocenters. The molecule has 0 aliphatic heterocycles. The van der Waals surface area contributed by atoms with Crippen LogP contribution in [0.15, 0.2) is 60.7 Å². The summed E-state index contributed by atoms with van der Waals surface area (Å²) in [6.45, 7) is 0.346. The van der Waals surface area contributed by atoms with Crippen LogP contribution < -0.4 is 20.5 Å². The Kier molecular flexibility index (Phi) is 5.54. The van der Waals surface area contributed by atoms with E-state index in [1.54, 1.807) is 14.2 Å². The summed E-state index contributed by atoms with van der Waals surface area (Å²) < 4.78 is 10.6. The van der Waals surface area contributed by atoms with Crippen LogP contribution >= 0.6 is 11.3 Å². The monoisotopic (exact) mass is 419 g/mol. The molecule has 152 valence electrons. The average molecular weight is 420 g/mol. The molecule has 3 N–H and O–H groups in total. The molecule has 2 heterocycles. The predicted molar refractivity (Wildman–Crippen MR) is 120 cm³/mol. The lowest BCUT2D eigenvalue weighted by Gasteiger charge is -2.09. The Labute approximate surface area is 178 Å². The number of benzene rings is 2. The van der Waals surface area contributed by atoms with E-state index < -0.39 is 0 Å². The van der Waals surface area contributed by atoms with Crippen LogP contribution in [-0.4, -0.2) is 25.1 Å². The number of amides is 1. The maximum atomic E-state index is 12.8. The maximum absolute atomic E-state index is 12.8. The summed E-state index contributed by atoms with van der Waals surface area (Å²) in [7, 11) is 3.24. The van der Waals surface area contributed by atoms with Crippen molar-refractivity contribution in [2.45, 2.75) is 6.54 Å². The summed E-state index contributed by atoms with van der Waals surface area (Å²) in [5.74, 6) is 1.26. The smallest absolute Gasteiger partial charge is 0.263 e. The SMILES string of the molecule is COc1cccc(-c2ccc3c(N)c(C(=O)NCc4ccccc4OC)sc3n2)c1. The molecular formula is C23H21N3O3S. The van der Waals surface area contributed by atoms with Crippen molar-refractivity contribution in [2.75, 3.05) is 20.0 Å². The van der Waals surface area contributed by atoms with E-state index in [-0.39, 0.29) is 5.91 Å². The Bertz CT molecular complexity index is 1220. The summed E-state index contributed by atoms with van der Waals surface area (Å²) in [5.41, 5.74) is 9.33. The van der Waals surface area contributed by atoms with Crippen LogP contribution in [0.4, 0.5) is 5.69 Å². The highest BCUT2D eigenvalue weighted by Crippen LogP contribution is 2.34. The fraction of sp³-hybridized carbons (Fsp3) is 0.130. The minimum absolute atomic E-state index is 0.232. The van der Waals surface area contributed by atoms with Gasteiger partial charge in [-0.3, -0.25) is 4.79 Å². The molecule has 4 aromatic rings. The van der Waals surface area contributed by atoms with Crippen molar-refractivity contribution < 1.29 is 14.3 Å². The molecule has 1 amide bonds. The summed E-state index contributed by atoms with van der Waals surface area (Å²) in [6.07, 6.45) is 0. The molecule has 30 heavy (non-hydrogen) atoms. The van der Waals surface area contributed by atoms with Gasteiger partial charge in [0.15, 0.2) is 0 Å². The lowest BCUT2D eigenvalue weighted by atomic mass is 10.1. The van der Waals surface area contributed by atoms with E-state index in [1.807, 2.05) is 60.7 Å². The van der Waals surface area contributed by atoms with Gasteiger partial charge in [0, 0.05) is 23.1 Å². The maximum Gasteiger partial charge on any atom is 0.263 e. The van der Waals surface area contributed by atoms with Crippen molar-refractivity contribution in [2.24, 2.45) is 0 Å². The number of para-hydroxylation sites is 1. The number of carbonyl (C=O) groups excluding carboxylic acids is 1. The molecule has 0 radical (unpaired) electrons. The van der Waals surface area contributed by atoms with Crippen molar-refractivity contribution in [3.8, 4) is 22.8 Å².